The van der Waals surface area contributed by atoms with Crippen molar-refractivity contribution in [2.45, 2.75) is 44.7 Å². The number of hydrogen-bond acceptors (Lipinski definition) is 4. The molecule has 7 nitrogen and oxygen atoms in total. The van der Waals surface area contributed by atoms with Gasteiger partial charge in [0, 0.05) is 5.92 Å². The van der Waals surface area contributed by atoms with Gasteiger partial charge in [0.2, 0.25) is 5.91 Å². The second-order valence-corrected chi connectivity index (χ2v) is 7.38. The normalized spacial score (nSPS) is 14.2. The number of carboxylic acids is 1. The molecule has 3 N–H and O–H groups in total. The summed E-state index contributed by atoms with van der Waals surface area (Å²) in [6.45, 7) is 3.46. The van der Waals surface area contributed by atoms with Crippen molar-refractivity contribution in [1.29, 1.82) is 0 Å². The van der Waals surface area contributed by atoms with E-state index < -0.39 is 30.1 Å². The summed E-state index contributed by atoms with van der Waals surface area (Å²) in [6.07, 6.45) is 0.214. The van der Waals surface area contributed by atoms with Gasteiger partial charge in [-0.1, -0.05) is 61.9 Å². The van der Waals surface area contributed by atoms with Gasteiger partial charge < -0.3 is 20.5 Å². The lowest BCUT2D eigenvalue weighted by atomic mass is 9.98. The van der Waals surface area contributed by atoms with E-state index in [9.17, 15) is 14.4 Å². The third kappa shape index (κ3) is 4.62. The number of carbonyl (C=O) groups excluding carboxylic acids is 2. The third-order valence-corrected chi connectivity index (χ3v) is 5.26. The van der Waals surface area contributed by atoms with E-state index in [0.717, 1.165) is 22.3 Å². The number of aliphatic carboxylic acids is 1. The Kier molecular flexibility index (Phi) is 6.72. The third-order valence-electron chi connectivity index (χ3n) is 5.26. The molecule has 0 aromatic heterocycles. The quantitative estimate of drug-likeness (QED) is 0.619. The summed E-state index contributed by atoms with van der Waals surface area (Å²) in [5, 5.41) is 14.1. The van der Waals surface area contributed by atoms with Crippen LogP contribution in [0.4, 0.5) is 4.79 Å². The second-order valence-electron chi connectivity index (χ2n) is 7.38. The van der Waals surface area contributed by atoms with Gasteiger partial charge in [-0.25, -0.2) is 9.59 Å². The Morgan fingerprint density at radius 2 is 1.57 bits per heavy atom. The second kappa shape index (κ2) is 9.43. The molecule has 0 heterocycles. The number of benzene rings is 2. The fourth-order valence-electron chi connectivity index (χ4n) is 3.73. The lowest BCUT2D eigenvalue weighted by Crippen LogP contribution is -2.50. The number of nitrogens with one attached hydrogen (secondary N) is 2. The highest BCUT2D eigenvalue weighted by Gasteiger charge is 2.29. The molecule has 0 aliphatic heterocycles. The topological polar surface area (TPSA) is 105 Å². The Hall–Kier alpha value is -3.35. The summed E-state index contributed by atoms with van der Waals surface area (Å²) in [7, 11) is 0. The number of alkyl carbamates (subject to hydrolysis) is 1. The fraction of sp³-hybridized carbons (Fsp3) is 0.348. The molecule has 0 fully saturated rings. The van der Waals surface area contributed by atoms with Crippen LogP contribution < -0.4 is 10.6 Å². The predicted octanol–water partition coefficient (Wildman–Crippen LogP) is 3.28. The van der Waals surface area contributed by atoms with E-state index in [0.29, 0.717) is 12.8 Å². The lowest BCUT2D eigenvalue weighted by molar-refractivity contribution is -0.142. The highest BCUT2D eigenvalue weighted by molar-refractivity contribution is 5.89. The lowest BCUT2D eigenvalue weighted by Gasteiger charge is -2.19. The number of amides is 2. The van der Waals surface area contributed by atoms with E-state index in [1.165, 1.54) is 6.92 Å². The Bertz CT molecular complexity index is 897. The molecule has 2 atom stereocenters. The van der Waals surface area contributed by atoms with Crippen LogP contribution in [0, 0.1) is 0 Å². The SMILES string of the molecule is CCCC(NC(=O)C(C)NC(=O)OCC1c2ccccc2-c2ccccc21)C(=O)O. The highest BCUT2D eigenvalue weighted by Crippen LogP contribution is 2.44. The van der Waals surface area contributed by atoms with Crippen molar-refractivity contribution in [3.63, 3.8) is 0 Å². The van der Waals surface area contributed by atoms with Gasteiger partial charge in [-0.05, 0) is 35.6 Å². The van der Waals surface area contributed by atoms with Gasteiger partial charge in [0.1, 0.15) is 18.7 Å². The van der Waals surface area contributed by atoms with Crippen LogP contribution in [0.5, 0.6) is 0 Å². The molecular weight excluding hydrogens is 384 g/mol. The van der Waals surface area contributed by atoms with Crippen LogP contribution in [0.25, 0.3) is 11.1 Å². The first-order valence-corrected chi connectivity index (χ1v) is 10.1. The van der Waals surface area contributed by atoms with E-state index in [2.05, 4.69) is 22.8 Å². The highest BCUT2D eigenvalue weighted by atomic mass is 16.5. The van der Waals surface area contributed by atoms with E-state index in [4.69, 9.17) is 9.84 Å². The smallest absolute Gasteiger partial charge is 0.407 e. The summed E-state index contributed by atoms with van der Waals surface area (Å²) in [5.74, 6) is -1.74. The van der Waals surface area contributed by atoms with Crippen LogP contribution >= 0.6 is 0 Å². The van der Waals surface area contributed by atoms with Crippen LogP contribution in [0.2, 0.25) is 0 Å². The van der Waals surface area contributed by atoms with Gasteiger partial charge in [0.15, 0.2) is 0 Å². The molecule has 2 aromatic rings. The average Bonchev–Trinajstić information content (AvgIpc) is 3.05. The van der Waals surface area contributed by atoms with Crippen molar-refractivity contribution < 1.29 is 24.2 Å². The molecule has 2 amide bonds. The van der Waals surface area contributed by atoms with Crippen molar-refractivity contribution in [3.05, 3.63) is 59.7 Å². The number of fused-ring (bicyclic) bond motifs is 3. The zero-order valence-electron chi connectivity index (χ0n) is 17.1. The van der Waals surface area contributed by atoms with E-state index >= 15 is 0 Å². The summed E-state index contributed by atoms with van der Waals surface area (Å²) < 4.78 is 5.41. The summed E-state index contributed by atoms with van der Waals surface area (Å²) >= 11 is 0. The maximum absolute atomic E-state index is 12.3. The summed E-state index contributed by atoms with van der Waals surface area (Å²) in [5.41, 5.74) is 4.46. The molecule has 158 valence electrons. The maximum atomic E-state index is 12.3. The van der Waals surface area contributed by atoms with Crippen LogP contribution in [0.1, 0.15) is 43.7 Å². The molecule has 0 radical (unpaired) electrons. The van der Waals surface area contributed by atoms with E-state index in [1.807, 2.05) is 43.3 Å². The van der Waals surface area contributed by atoms with Crippen molar-refractivity contribution in [2.24, 2.45) is 0 Å². The first kappa shape index (κ1) is 21.4. The van der Waals surface area contributed by atoms with Gasteiger partial charge >= 0.3 is 12.1 Å². The predicted molar refractivity (Wildman–Crippen MR) is 112 cm³/mol. The number of rotatable bonds is 8. The monoisotopic (exact) mass is 410 g/mol. The molecule has 3 rings (SSSR count). The van der Waals surface area contributed by atoms with Gasteiger partial charge in [0.25, 0.3) is 0 Å². The molecule has 2 aromatic carbocycles. The Balaban J connectivity index is 1.58. The minimum atomic E-state index is -1.10. The van der Waals surface area contributed by atoms with Crippen molar-refractivity contribution in [2.75, 3.05) is 6.61 Å². The maximum Gasteiger partial charge on any atom is 0.407 e. The van der Waals surface area contributed by atoms with Crippen molar-refractivity contribution >= 4 is 18.0 Å². The molecule has 0 saturated heterocycles. The molecule has 30 heavy (non-hydrogen) atoms. The number of ether oxygens (including phenoxy) is 1. The molecule has 0 saturated carbocycles. The largest absolute Gasteiger partial charge is 0.480 e. The molecule has 7 heteroatoms. The van der Waals surface area contributed by atoms with E-state index in [1.54, 1.807) is 0 Å². The van der Waals surface area contributed by atoms with Crippen LogP contribution in [-0.2, 0) is 14.3 Å². The van der Waals surface area contributed by atoms with Gasteiger partial charge in [-0.2, -0.15) is 0 Å². The van der Waals surface area contributed by atoms with Gasteiger partial charge in [-0.15, -0.1) is 0 Å². The fourth-order valence-corrected chi connectivity index (χ4v) is 3.73. The zero-order valence-corrected chi connectivity index (χ0v) is 17.1. The summed E-state index contributed by atoms with van der Waals surface area (Å²) in [4.78, 5) is 35.7. The molecule has 0 bridgehead atoms. The minimum absolute atomic E-state index is 0.0757. The van der Waals surface area contributed by atoms with Crippen LogP contribution in [0.3, 0.4) is 0 Å². The zero-order chi connectivity index (χ0) is 21.7. The minimum Gasteiger partial charge on any atom is -0.480 e. The van der Waals surface area contributed by atoms with Crippen LogP contribution in [-0.4, -0.2) is 41.8 Å². The number of carboxylic acid groups (broad SMARTS) is 1. The van der Waals surface area contributed by atoms with Crippen molar-refractivity contribution in [1.82, 2.24) is 10.6 Å². The molecule has 0 spiro atoms. The average molecular weight is 410 g/mol. The van der Waals surface area contributed by atoms with Gasteiger partial charge in [0.05, 0.1) is 0 Å². The standard InChI is InChI=1S/C23H26N2O5/c1-3-8-20(22(27)28)25-21(26)14(2)24-23(29)30-13-19-17-11-6-4-9-15(17)16-10-5-7-12-18(16)19/h4-7,9-12,14,19-20H,3,8,13H2,1-2H3,(H,24,29)(H,25,26)(H,27,28). The van der Waals surface area contributed by atoms with Crippen molar-refractivity contribution in [3.8, 4) is 11.1 Å². The molecule has 1 aliphatic carbocycles. The molecule has 1 aliphatic rings. The Morgan fingerprint density at radius 3 is 2.10 bits per heavy atom. The Morgan fingerprint density at radius 1 is 1.00 bits per heavy atom. The van der Waals surface area contributed by atoms with Gasteiger partial charge in [-0.3, -0.25) is 4.79 Å². The van der Waals surface area contributed by atoms with Crippen LogP contribution in [0.15, 0.2) is 48.5 Å². The molecule has 2 unspecified atom stereocenters. The first-order valence-electron chi connectivity index (χ1n) is 10.1. The Labute approximate surface area is 175 Å². The summed E-state index contributed by atoms with van der Waals surface area (Å²) in [6, 6.07) is 14.1. The number of hydrogen-bond donors (Lipinski definition) is 3. The number of carbonyl (C=O) groups is 3. The first-order chi connectivity index (χ1) is 14.4. The molecular formula is C23H26N2O5. The van der Waals surface area contributed by atoms with E-state index in [-0.39, 0.29) is 12.5 Å².